The number of rotatable bonds is 11. The molecule has 0 aromatic heterocycles. The number of anilines is 1. The molecule has 0 saturated heterocycles. The van der Waals surface area contributed by atoms with Crippen LogP contribution in [0.25, 0.3) is 0 Å². The van der Waals surface area contributed by atoms with Gasteiger partial charge in [0.1, 0.15) is 18.2 Å². The minimum Gasteiger partial charge on any atom is -0.491 e. The topological polar surface area (TPSA) is 129 Å². The van der Waals surface area contributed by atoms with Gasteiger partial charge in [0.05, 0.1) is 6.61 Å². The predicted molar refractivity (Wildman–Crippen MR) is 114 cm³/mol. The number of hydrogen-bond acceptors (Lipinski definition) is 5. The average molecular weight is 397 g/mol. The van der Waals surface area contributed by atoms with Gasteiger partial charge < -0.3 is 26.0 Å². The molecular formula is C22H27N3O4. The standard InChI is InChI=1S/C22H27N3O4/c1-3-5-16-12-14(4-2)13-18(20(16)29-11-10-26)19(22(27)28)25-17-8-6-15(7-9-17)21(23)24/h3,6-9,12-13,19,25-26H,1,4-5,10-11H2,2H3,(H3,23,24)(H,27,28). The van der Waals surface area contributed by atoms with Crippen LogP contribution in [0.2, 0.25) is 0 Å². The highest BCUT2D eigenvalue weighted by Crippen LogP contribution is 2.34. The van der Waals surface area contributed by atoms with Crippen molar-refractivity contribution in [3.8, 4) is 5.75 Å². The normalized spacial score (nSPS) is 11.5. The van der Waals surface area contributed by atoms with Crippen LogP contribution in [0.5, 0.6) is 5.75 Å². The van der Waals surface area contributed by atoms with E-state index < -0.39 is 12.0 Å². The van der Waals surface area contributed by atoms with E-state index >= 15 is 0 Å². The molecule has 0 radical (unpaired) electrons. The van der Waals surface area contributed by atoms with E-state index in [-0.39, 0.29) is 19.0 Å². The maximum Gasteiger partial charge on any atom is 0.330 e. The smallest absolute Gasteiger partial charge is 0.330 e. The van der Waals surface area contributed by atoms with Crippen molar-refractivity contribution in [2.75, 3.05) is 18.5 Å². The molecule has 0 heterocycles. The third kappa shape index (κ3) is 5.58. The Morgan fingerprint density at radius 3 is 2.55 bits per heavy atom. The monoisotopic (exact) mass is 397 g/mol. The first-order valence-electron chi connectivity index (χ1n) is 9.35. The molecule has 0 amide bonds. The molecule has 1 unspecified atom stereocenters. The number of aliphatic hydroxyl groups excluding tert-OH is 1. The van der Waals surface area contributed by atoms with E-state index in [9.17, 15) is 15.0 Å². The Labute approximate surface area is 170 Å². The van der Waals surface area contributed by atoms with Crippen molar-refractivity contribution >= 4 is 17.5 Å². The number of aryl methyl sites for hydroxylation is 1. The van der Waals surface area contributed by atoms with Crippen molar-refractivity contribution in [2.45, 2.75) is 25.8 Å². The third-order valence-corrected chi connectivity index (χ3v) is 4.43. The zero-order valence-corrected chi connectivity index (χ0v) is 16.4. The molecule has 7 heteroatoms. The van der Waals surface area contributed by atoms with Gasteiger partial charge in [-0.3, -0.25) is 5.41 Å². The molecule has 0 aliphatic heterocycles. The van der Waals surface area contributed by atoms with E-state index in [0.717, 1.165) is 17.5 Å². The number of ether oxygens (including phenoxy) is 1. The highest BCUT2D eigenvalue weighted by molar-refractivity contribution is 5.95. The summed E-state index contributed by atoms with van der Waals surface area (Å²) in [5.41, 5.74) is 8.88. The van der Waals surface area contributed by atoms with Gasteiger partial charge in [-0.15, -0.1) is 6.58 Å². The number of benzene rings is 2. The number of aliphatic carboxylic acids is 1. The molecule has 0 fully saturated rings. The summed E-state index contributed by atoms with van der Waals surface area (Å²) in [6.07, 6.45) is 2.98. The molecule has 0 bridgehead atoms. The minimum atomic E-state index is -1.07. The van der Waals surface area contributed by atoms with E-state index in [1.54, 1.807) is 30.3 Å². The molecule has 0 aliphatic rings. The second kappa shape index (κ2) is 10.3. The zero-order valence-electron chi connectivity index (χ0n) is 16.4. The molecule has 2 aromatic carbocycles. The Balaban J connectivity index is 2.51. The number of carboxylic acids is 1. The first kappa shape index (κ1) is 22.0. The third-order valence-electron chi connectivity index (χ3n) is 4.43. The Bertz CT molecular complexity index is 878. The van der Waals surface area contributed by atoms with Gasteiger partial charge >= 0.3 is 5.97 Å². The van der Waals surface area contributed by atoms with E-state index in [2.05, 4.69) is 11.9 Å². The first-order valence-corrected chi connectivity index (χ1v) is 9.35. The molecule has 1 atom stereocenters. The number of nitrogen functional groups attached to an aromatic ring is 1. The van der Waals surface area contributed by atoms with Gasteiger partial charge in [0.2, 0.25) is 0 Å². The van der Waals surface area contributed by atoms with Crippen LogP contribution in [0.1, 0.15) is 35.2 Å². The van der Waals surface area contributed by atoms with Gasteiger partial charge in [0, 0.05) is 16.8 Å². The van der Waals surface area contributed by atoms with Crippen LogP contribution in [0, 0.1) is 5.41 Å². The van der Waals surface area contributed by atoms with Gasteiger partial charge in [-0.05, 0) is 54.3 Å². The molecule has 7 nitrogen and oxygen atoms in total. The molecule has 29 heavy (non-hydrogen) atoms. The lowest BCUT2D eigenvalue weighted by atomic mass is 9.95. The number of amidine groups is 1. The van der Waals surface area contributed by atoms with Crippen LogP contribution >= 0.6 is 0 Å². The van der Waals surface area contributed by atoms with Crippen LogP contribution in [-0.2, 0) is 17.6 Å². The molecule has 2 aromatic rings. The van der Waals surface area contributed by atoms with Crippen LogP contribution in [0.3, 0.4) is 0 Å². The minimum absolute atomic E-state index is 0.0578. The summed E-state index contributed by atoms with van der Waals surface area (Å²) in [4.78, 5) is 12.1. The van der Waals surface area contributed by atoms with Gasteiger partial charge in [-0.2, -0.15) is 0 Å². The largest absolute Gasteiger partial charge is 0.491 e. The SMILES string of the molecule is C=CCc1cc(CC)cc(C(Nc2ccc(C(=N)N)cc2)C(=O)O)c1OCCO. The van der Waals surface area contributed by atoms with Crippen molar-refractivity contribution in [2.24, 2.45) is 5.73 Å². The molecule has 6 N–H and O–H groups in total. The molecule has 0 saturated carbocycles. The Morgan fingerprint density at radius 1 is 1.34 bits per heavy atom. The number of allylic oxidation sites excluding steroid dienone is 1. The highest BCUT2D eigenvalue weighted by atomic mass is 16.5. The molecule has 0 spiro atoms. The molecule has 0 aliphatic carbocycles. The van der Waals surface area contributed by atoms with Gasteiger partial charge in [-0.25, -0.2) is 4.79 Å². The fourth-order valence-corrected chi connectivity index (χ4v) is 3.02. The summed E-state index contributed by atoms with van der Waals surface area (Å²) in [5, 5.41) is 29.6. The summed E-state index contributed by atoms with van der Waals surface area (Å²) >= 11 is 0. The molecule has 154 valence electrons. The fourth-order valence-electron chi connectivity index (χ4n) is 3.02. The van der Waals surface area contributed by atoms with Crippen molar-refractivity contribution in [3.05, 3.63) is 71.3 Å². The first-order chi connectivity index (χ1) is 13.9. The number of hydrogen-bond donors (Lipinski definition) is 5. The summed E-state index contributed by atoms with van der Waals surface area (Å²) < 4.78 is 5.74. The molecular weight excluding hydrogens is 370 g/mol. The average Bonchev–Trinajstić information content (AvgIpc) is 2.71. The quantitative estimate of drug-likeness (QED) is 0.225. The number of nitrogens with one attached hydrogen (secondary N) is 2. The Morgan fingerprint density at radius 2 is 2.03 bits per heavy atom. The summed E-state index contributed by atoms with van der Waals surface area (Å²) in [6, 6.07) is 9.37. The van der Waals surface area contributed by atoms with E-state index in [0.29, 0.717) is 29.0 Å². The number of carboxylic acid groups (broad SMARTS) is 1. The maximum absolute atomic E-state index is 12.1. The van der Waals surface area contributed by atoms with Gasteiger partial charge in [0.15, 0.2) is 6.04 Å². The lowest BCUT2D eigenvalue weighted by molar-refractivity contribution is -0.138. The van der Waals surface area contributed by atoms with Crippen molar-refractivity contribution in [3.63, 3.8) is 0 Å². The van der Waals surface area contributed by atoms with Crippen molar-refractivity contribution in [1.29, 1.82) is 5.41 Å². The lowest BCUT2D eigenvalue weighted by Crippen LogP contribution is -2.22. The zero-order chi connectivity index (χ0) is 21.4. The summed E-state index contributed by atoms with van der Waals surface area (Å²) in [6.45, 7) is 5.64. The highest BCUT2D eigenvalue weighted by Gasteiger charge is 2.26. The second-order valence-electron chi connectivity index (χ2n) is 6.50. The van der Waals surface area contributed by atoms with Crippen LogP contribution in [-0.4, -0.2) is 35.2 Å². The number of nitrogens with two attached hydrogens (primary N) is 1. The second-order valence-corrected chi connectivity index (χ2v) is 6.50. The Hall–Kier alpha value is -3.32. The van der Waals surface area contributed by atoms with Crippen LogP contribution < -0.4 is 15.8 Å². The summed E-state index contributed by atoms with van der Waals surface area (Å²) in [5.74, 6) is -0.681. The van der Waals surface area contributed by atoms with Crippen molar-refractivity contribution < 1.29 is 19.7 Å². The molecule has 2 rings (SSSR count). The lowest BCUT2D eigenvalue weighted by Gasteiger charge is -2.23. The van der Waals surface area contributed by atoms with Crippen LogP contribution in [0.15, 0.2) is 49.1 Å². The van der Waals surface area contributed by atoms with Gasteiger partial charge in [-0.1, -0.05) is 19.1 Å². The van der Waals surface area contributed by atoms with E-state index in [1.807, 2.05) is 19.1 Å². The van der Waals surface area contributed by atoms with E-state index in [1.165, 1.54) is 0 Å². The van der Waals surface area contributed by atoms with Crippen LogP contribution in [0.4, 0.5) is 5.69 Å². The number of carbonyl (C=O) groups is 1. The van der Waals surface area contributed by atoms with E-state index in [4.69, 9.17) is 15.9 Å². The van der Waals surface area contributed by atoms with Gasteiger partial charge in [0.25, 0.3) is 0 Å². The summed E-state index contributed by atoms with van der Waals surface area (Å²) in [7, 11) is 0. The maximum atomic E-state index is 12.1. The fraction of sp³-hybridized carbons (Fsp3) is 0.273. The predicted octanol–water partition coefficient (Wildman–Crippen LogP) is 2.87. The van der Waals surface area contributed by atoms with Crippen molar-refractivity contribution in [1.82, 2.24) is 0 Å². The number of aliphatic hydroxyl groups is 1. The Kier molecular flexibility index (Phi) is 7.79.